The Bertz CT molecular complexity index is 851. The molecule has 0 radical (unpaired) electrons. The number of benzene rings is 2. The van der Waals surface area contributed by atoms with E-state index in [0.717, 1.165) is 33.4 Å². The quantitative estimate of drug-likeness (QED) is 0.728. The Hall–Kier alpha value is -2.26. The third-order valence-electron chi connectivity index (χ3n) is 3.91. The molecule has 0 aliphatic carbocycles. The number of para-hydroxylation sites is 1. The normalized spacial score (nSPS) is 10.9. The fourth-order valence-electron chi connectivity index (χ4n) is 2.66. The number of carbonyl (C=O) groups excluding carboxylic acids is 1. The number of aromatic amines is 1. The summed E-state index contributed by atoms with van der Waals surface area (Å²) >= 11 is 6.09. The van der Waals surface area contributed by atoms with Gasteiger partial charge >= 0.3 is 0 Å². The van der Waals surface area contributed by atoms with Crippen LogP contribution in [0.3, 0.4) is 0 Å². The van der Waals surface area contributed by atoms with Crippen LogP contribution in [0, 0.1) is 13.8 Å². The molecule has 0 atom stereocenters. The van der Waals surface area contributed by atoms with E-state index in [1.165, 1.54) is 0 Å². The van der Waals surface area contributed by atoms with Crippen molar-refractivity contribution < 1.29 is 4.79 Å². The number of hydrogen-bond acceptors (Lipinski definition) is 1. The summed E-state index contributed by atoms with van der Waals surface area (Å²) in [5.41, 5.74) is 4.76. The fraction of sp³-hybridized carbons (Fsp3) is 0.167. The van der Waals surface area contributed by atoms with Gasteiger partial charge in [0.1, 0.15) is 0 Å². The lowest BCUT2D eigenvalue weighted by molar-refractivity contribution is -0.115. The molecule has 0 aliphatic rings. The van der Waals surface area contributed by atoms with Gasteiger partial charge in [0.05, 0.1) is 6.42 Å². The fourth-order valence-corrected chi connectivity index (χ4v) is 2.83. The predicted octanol–water partition coefficient (Wildman–Crippen LogP) is 4.62. The highest BCUT2D eigenvalue weighted by Gasteiger charge is 2.13. The molecule has 3 nitrogen and oxygen atoms in total. The van der Waals surface area contributed by atoms with Crippen LogP contribution < -0.4 is 5.32 Å². The molecule has 1 aromatic heterocycles. The molecular weight excluding hydrogens is 296 g/mol. The van der Waals surface area contributed by atoms with Crippen molar-refractivity contribution in [2.45, 2.75) is 20.3 Å². The number of hydrogen-bond donors (Lipinski definition) is 2. The number of fused-ring (bicyclic) bond motifs is 1. The number of aromatic nitrogens is 1. The van der Waals surface area contributed by atoms with Crippen molar-refractivity contribution in [3.63, 3.8) is 0 Å². The van der Waals surface area contributed by atoms with Gasteiger partial charge in [0.2, 0.25) is 5.91 Å². The van der Waals surface area contributed by atoms with Crippen molar-refractivity contribution in [1.29, 1.82) is 0 Å². The zero-order valence-electron chi connectivity index (χ0n) is 12.5. The van der Waals surface area contributed by atoms with Crippen molar-refractivity contribution in [3.8, 4) is 0 Å². The molecule has 22 heavy (non-hydrogen) atoms. The maximum absolute atomic E-state index is 12.4. The van der Waals surface area contributed by atoms with Gasteiger partial charge < -0.3 is 10.3 Å². The molecule has 0 spiro atoms. The molecule has 0 saturated carbocycles. The van der Waals surface area contributed by atoms with Crippen LogP contribution in [-0.4, -0.2) is 10.9 Å². The average molecular weight is 313 g/mol. The van der Waals surface area contributed by atoms with E-state index in [0.29, 0.717) is 11.4 Å². The standard InChI is InChI=1S/C18H17ClN2O/c1-11-15(19)7-5-9-16(11)21-18(22)10-14-12(2)20-17-8-4-3-6-13(14)17/h3-9,20H,10H2,1-2H3,(H,21,22). The molecule has 3 rings (SSSR count). The molecule has 2 aromatic carbocycles. The topological polar surface area (TPSA) is 44.9 Å². The van der Waals surface area contributed by atoms with Gasteiger partial charge in [-0.1, -0.05) is 35.9 Å². The van der Waals surface area contributed by atoms with E-state index in [2.05, 4.69) is 10.3 Å². The van der Waals surface area contributed by atoms with Gasteiger partial charge in [0.25, 0.3) is 0 Å². The van der Waals surface area contributed by atoms with Gasteiger partial charge in [-0.15, -0.1) is 0 Å². The summed E-state index contributed by atoms with van der Waals surface area (Å²) in [6.07, 6.45) is 0.335. The Morgan fingerprint density at radius 2 is 1.91 bits per heavy atom. The number of nitrogens with one attached hydrogen (secondary N) is 2. The molecule has 0 unspecified atom stereocenters. The summed E-state index contributed by atoms with van der Waals surface area (Å²) in [5.74, 6) is -0.0433. The van der Waals surface area contributed by atoms with Crippen LogP contribution in [-0.2, 0) is 11.2 Å². The van der Waals surface area contributed by atoms with Crippen LogP contribution in [0.2, 0.25) is 5.02 Å². The molecule has 0 saturated heterocycles. The molecule has 1 heterocycles. The first-order valence-electron chi connectivity index (χ1n) is 7.17. The monoisotopic (exact) mass is 312 g/mol. The third-order valence-corrected chi connectivity index (χ3v) is 4.32. The second-order valence-corrected chi connectivity index (χ2v) is 5.82. The number of H-pyrrole nitrogens is 1. The third kappa shape index (κ3) is 2.72. The number of aryl methyl sites for hydroxylation is 1. The largest absolute Gasteiger partial charge is 0.358 e. The minimum absolute atomic E-state index is 0.0433. The maximum Gasteiger partial charge on any atom is 0.228 e. The van der Waals surface area contributed by atoms with Crippen LogP contribution in [0.15, 0.2) is 42.5 Å². The lowest BCUT2D eigenvalue weighted by Gasteiger charge is -2.09. The van der Waals surface area contributed by atoms with E-state index in [-0.39, 0.29) is 5.91 Å². The summed E-state index contributed by atoms with van der Waals surface area (Å²) in [7, 11) is 0. The number of amides is 1. The van der Waals surface area contributed by atoms with E-state index >= 15 is 0 Å². The van der Waals surface area contributed by atoms with E-state index < -0.39 is 0 Å². The van der Waals surface area contributed by atoms with Gasteiger partial charge in [0.15, 0.2) is 0 Å². The zero-order chi connectivity index (χ0) is 15.7. The lowest BCUT2D eigenvalue weighted by atomic mass is 10.1. The van der Waals surface area contributed by atoms with Gasteiger partial charge in [-0.2, -0.15) is 0 Å². The Morgan fingerprint density at radius 1 is 1.14 bits per heavy atom. The van der Waals surface area contributed by atoms with Crippen LogP contribution in [0.25, 0.3) is 10.9 Å². The molecular formula is C18H17ClN2O. The number of rotatable bonds is 3. The first kappa shape index (κ1) is 14.7. The molecule has 3 aromatic rings. The van der Waals surface area contributed by atoms with Crippen LogP contribution >= 0.6 is 11.6 Å². The maximum atomic E-state index is 12.4. The Morgan fingerprint density at radius 3 is 2.73 bits per heavy atom. The van der Waals surface area contributed by atoms with Crippen molar-refractivity contribution in [1.82, 2.24) is 4.98 Å². The SMILES string of the molecule is Cc1[nH]c2ccccc2c1CC(=O)Nc1cccc(Cl)c1C. The highest BCUT2D eigenvalue weighted by molar-refractivity contribution is 6.31. The smallest absolute Gasteiger partial charge is 0.228 e. The van der Waals surface area contributed by atoms with Crippen LogP contribution in [0.1, 0.15) is 16.8 Å². The minimum atomic E-state index is -0.0433. The van der Waals surface area contributed by atoms with Crippen molar-refractivity contribution in [3.05, 3.63) is 64.3 Å². The number of halogens is 1. The first-order chi connectivity index (χ1) is 10.6. The van der Waals surface area contributed by atoms with Gasteiger partial charge in [-0.3, -0.25) is 4.79 Å². The first-order valence-corrected chi connectivity index (χ1v) is 7.55. The molecule has 0 fully saturated rings. The van der Waals surface area contributed by atoms with E-state index in [4.69, 9.17) is 11.6 Å². The van der Waals surface area contributed by atoms with Crippen LogP contribution in [0.4, 0.5) is 5.69 Å². The molecule has 4 heteroatoms. The number of anilines is 1. The Balaban J connectivity index is 1.84. The summed E-state index contributed by atoms with van der Waals surface area (Å²) in [6, 6.07) is 13.5. The summed E-state index contributed by atoms with van der Waals surface area (Å²) in [6.45, 7) is 3.89. The second kappa shape index (κ2) is 5.85. The molecule has 1 amide bonds. The van der Waals surface area contributed by atoms with Gasteiger partial charge in [0, 0.05) is 27.3 Å². The van der Waals surface area contributed by atoms with Gasteiger partial charge in [-0.05, 0) is 43.2 Å². The van der Waals surface area contributed by atoms with E-state index in [9.17, 15) is 4.79 Å². The van der Waals surface area contributed by atoms with Crippen LogP contribution in [0.5, 0.6) is 0 Å². The average Bonchev–Trinajstić information content (AvgIpc) is 2.80. The molecule has 0 bridgehead atoms. The Labute approximate surface area is 134 Å². The van der Waals surface area contributed by atoms with Gasteiger partial charge in [-0.25, -0.2) is 0 Å². The Kier molecular flexibility index (Phi) is 3.90. The van der Waals surface area contributed by atoms with Crippen molar-refractivity contribution >= 4 is 34.1 Å². The molecule has 0 aliphatic heterocycles. The van der Waals surface area contributed by atoms with Crippen molar-refractivity contribution in [2.24, 2.45) is 0 Å². The van der Waals surface area contributed by atoms with Crippen molar-refractivity contribution in [2.75, 3.05) is 5.32 Å². The van der Waals surface area contributed by atoms with E-state index in [1.807, 2.05) is 56.3 Å². The molecule has 112 valence electrons. The highest BCUT2D eigenvalue weighted by Crippen LogP contribution is 2.25. The number of carbonyl (C=O) groups is 1. The predicted molar refractivity (Wildman–Crippen MR) is 91.6 cm³/mol. The second-order valence-electron chi connectivity index (χ2n) is 5.41. The van der Waals surface area contributed by atoms with E-state index in [1.54, 1.807) is 0 Å². The summed E-state index contributed by atoms with van der Waals surface area (Å²) in [4.78, 5) is 15.7. The zero-order valence-corrected chi connectivity index (χ0v) is 13.3. The lowest BCUT2D eigenvalue weighted by Crippen LogP contribution is -2.15. The summed E-state index contributed by atoms with van der Waals surface area (Å²) in [5, 5.41) is 4.69. The summed E-state index contributed by atoms with van der Waals surface area (Å²) < 4.78 is 0. The molecule has 2 N–H and O–H groups in total. The minimum Gasteiger partial charge on any atom is -0.358 e. The highest BCUT2D eigenvalue weighted by atomic mass is 35.5.